The fourth-order valence-corrected chi connectivity index (χ4v) is 3.53. The van der Waals surface area contributed by atoms with Crippen LogP contribution in [0.4, 0.5) is 0 Å². The van der Waals surface area contributed by atoms with Crippen LogP contribution in [-0.4, -0.2) is 31.4 Å². The number of hydrogen-bond donors (Lipinski definition) is 0. The third-order valence-electron chi connectivity index (χ3n) is 3.96. The highest BCUT2D eigenvalue weighted by molar-refractivity contribution is 7.89. The van der Waals surface area contributed by atoms with Gasteiger partial charge in [0.15, 0.2) is 0 Å². The monoisotopic (exact) mass is 342 g/mol. The maximum Gasteiger partial charge on any atom is 0.250 e. The van der Waals surface area contributed by atoms with Crippen LogP contribution in [0.25, 0.3) is 10.8 Å². The van der Waals surface area contributed by atoms with Gasteiger partial charge in [-0.3, -0.25) is 4.79 Å². The zero-order valence-electron chi connectivity index (χ0n) is 13.5. The van der Waals surface area contributed by atoms with Crippen molar-refractivity contribution < 1.29 is 8.42 Å². The zero-order chi connectivity index (χ0) is 17.3. The third kappa shape index (κ3) is 2.98. The molecular weight excluding hydrogens is 324 g/mol. The second-order valence-electron chi connectivity index (χ2n) is 5.76. The first kappa shape index (κ1) is 16.4. The summed E-state index contributed by atoms with van der Waals surface area (Å²) in [5.41, 5.74) is 0.732. The normalized spacial score (nSPS) is 12.0. The number of nitrogens with zero attached hydrogens (tertiary/aromatic N) is 2. The molecule has 3 aromatic rings. The van der Waals surface area contributed by atoms with E-state index in [2.05, 4.69) is 0 Å². The topological polar surface area (TPSA) is 59.4 Å². The zero-order valence-corrected chi connectivity index (χ0v) is 14.3. The molecular formula is C18H18N2O3S. The average Bonchev–Trinajstić information content (AvgIpc) is 2.57. The molecule has 6 heteroatoms. The van der Waals surface area contributed by atoms with Crippen molar-refractivity contribution >= 4 is 20.8 Å². The lowest BCUT2D eigenvalue weighted by Crippen LogP contribution is -2.26. The molecule has 0 aliphatic carbocycles. The number of benzene rings is 2. The van der Waals surface area contributed by atoms with Crippen molar-refractivity contribution in [1.82, 2.24) is 8.87 Å². The summed E-state index contributed by atoms with van der Waals surface area (Å²) in [5, 5.41) is 2.13. The molecule has 3 rings (SSSR count). The van der Waals surface area contributed by atoms with Crippen LogP contribution >= 0.6 is 0 Å². The van der Waals surface area contributed by atoms with Gasteiger partial charge in [0.05, 0.1) is 11.4 Å². The van der Waals surface area contributed by atoms with Crippen molar-refractivity contribution in [2.24, 2.45) is 0 Å². The Bertz CT molecular complexity index is 1050. The highest BCUT2D eigenvalue weighted by Gasteiger charge is 2.18. The first-order valence-electron chi connectivity index (χ1n) is 7.49. The molecule has 0 spiro atoms. The van der Waals surface area contributed by atoms with E-state index < -0.39 is 10.0 Å². The number of pyridine rings is 1. The van der Waals surface area contributed by atoms with Gasteiger partial charge in [0.1, 0.15) is 0 Å². The highest BCUT2D eigenvalue weighted by atomic mass is 32.2. The SMILES string of the molecule is CN(C)S(=O)(=O)c1ccc(=O)n(Cc2cccc3ccccc23)c1. The van der Waals surface area contributed by atoms with Crippen LogP contribution in [0.5, 0.6) is 0 Å². The molecule has 2 aromatic carbocycles. The lowest BCUT2D eigenvalue weighted by molar-refractivity contribution is 0.519. The Hall–Kier alpha value is -2.44. The van der Waals surface area contributed by atoms with Gasteiger partial charge in [-0.2, -0.15) is 0 Å². The van der Waals surface area contributed by atoms with E-state index in [1.54, 1.807) is 0 Å². The molecule has 0 radical (unpaired) electrons. The fraction of sp³-hybridized carbons (Fsp3) is 0.167. The molecule has 0 bridgehead atoms. The molecule has 0 saturated heterocycles. The Morgan fingerprint density at radius 2 is 1.67 bits per heavy atom. The van der Waals surface area contributed by atoms with Crippen molar-refractivity contribution in [3.05, 3.63) is 76.7 Å². The first-order valence-corrected chi connectivity index (χ1v) is 8.93. The summed E-state index contributed by atoms with van der Waals surface area (Å²) in [4.78, 5) is 12.3. The molecule has 1 aromatic heterocycles. The molecule has 0 aliphatic heterocycles. The van der Waals surface area contributed by atoms with E-state index in [9.17, 15) is 13.2 Å². The van der Waals surface area contributed by atoms with Crippen molar-refractivity contribution in [3.63, 3.8) is 0 Å². The predicted molar refractivity (Wildman–Crippen MR) is 94.6 cm³/mol. The molecule has 0 atom stereocenters. The van der Waals surface area contributed by atoms with E-state index in [1.807, 2.05) is 42.5 Å². The molecule has 5 nitrogen and oxygen atoms in total. The minimum absolute atomic E-state index is 0.104. The lowest BCUT2D eigenvalue weighted by atomic mass is 10.0. The second kappa shape index (κ2) is 6.22. The van der Waals surface area contributed by atoms with Crippen LogP contribution in [0, 0.1) is 0 Å². The Labute approximate surface area is 140 Å². The second-order valence-corrected chi connectivity index (χ2v) is 7.91. The van der Waals surface area contributed by atoms with Gasteiger partial charge in [-0.25, -0.2) is 12.7 Å². The fourth-order valence-electron chi connectivity index (χ4n) is 2.61. The van der Waals surface area contributed by atoms with Crippen molar-refractivity contribution in [1.29, 1.82) is 0 Å². The van der Waals surface area contributed by atoms with Gasteiger partial charge in [-0.15, -0.1) is 0 Å². The minimum atomic E-state index is -3.58. The summed E-state index contributed by atoms with van der Waals surface area (Å²) in [5.74, 6) is 0. The summed E-state index contributed by atoms with van der Waals surface area (Å²) in [7, 11) is -0.642. The lowest BCUT2D eigenvalue weighted by Gasteiger charge is -2.14. The number of hydrogen-bond acceptors (Lipinski definition) is 3. The maximum absolute atomic E-state index is 12.3. The number of sulfonamides is 1. The van der Waals surface area contributed by atoms with E-state index in [4.69, 9.17) is 0 Å². The molecule has 0 unspecified atom stereocenters. The Balaban J connectivity index is 2.09. The van der Waals surface area contributed by atoms with Gasteiger partial charge >= 0.3 is 0 Å². The summed E-state index contributed by atoms with van der Waals surface area (Å²) in [6, 6.07) is 16.4. The molecule has 0 saturated carbocycles. The molecule has 0 fully saturated rings. The van der Waals surface area contributed by atoms with Gasteiger partial charge in [0, 0.05) is 26.4 Å². The van der Waals surface area contributed by atoms with E-state index >= 15 is 0 Å². The molecule has 0 amide bonds. The van der Waals surface area contributed by atoms with Gasteiger partial charge in [0.25, 0.3) is 5.56 Å². The van der Waals surface area contributed by atoms with Crippen LogP contribution in [0.15, 0.2) is 70.5 Å². The summed E-state index contributed by atoms with van der Waals surface area (Å²) in [6.45, 7) is 0.316. The van der Waals surface area contributed by atoms with Crippen LogP contribution in [0.3, 0.4) is 0 Å². The van der Waals surface area contributed by atoms with Crippen molar-refractivity contribution in [2.75, 3.05) is 14.1 Å². The van der Waals surface area contributed by atoms with Gasteiger partial charge in [-0.1, -0.05) is 42.5 Å². The average molecular weight is 342 g/mol. The van der Waals surface area contributed by atoms with Crippen LogP contribution < -0.4 is 5.56 Å². The number of rotatable bonds is 4. The summed E-state index contributed by atoms with van der Waals surface area (Å²) in [6.07, 6.45) is 1.40. The molecule has 1 heterocycles. The molecule has 24 heavy (non-hydrogen) atoms. The molecule has 124 valence electrons. The first-order chi connectivity index (χ1) is 11.4. The summed E-state index contributed by atoms with van der Waals surface area (Å²) < 4.78 is 27.1. The standard InChI is InChI=1S/C18H18N2O3S/c1-19(2)24(22,23)16-10-11-18(21)20(13-16)12-15-8-5-7-14-6-3-4-9-17(14)15/h3-11,13H,12H2,1-2H3. The van der Waals surface area contributed by atoms with Crippen molar-refractivity contribution in [2.45, 2.75) is 11.4 Å². The van der Waals surface area contributed by atoms with E-state index in [0.717, 1.165) is 20.6 Å². The van der Waals surface area contributed by atoms with Crippen molar-refractivity contribution in [3.8, 4) is 0 Å². The van der Waals surface area contributed by atoms with Gasteiger partial charge in [-0.05, 0) is 22.4 Å². The largest absolute Gasteiger partial charge is 0.310 e. The summed E-state index contributed by atoms with van der Waals surface area (Å²) >= 11 is 0. The van der Waals surface area contributed by atoms with Crippen LogP contribution in [0.2, 0.25) is 0 Å². The molecule has 0 aliphatic rings. The van der Waals surface area contributed by atoms with E-state index in [0.29, 0.717) is 6.54 Å². The van der Waals surface area contributed by atoms with Crippen LogP contribution in [-0.2, 0) is 16.6 Å². The van der Waals surface area contributed by atoms with Gasteiger partial charge < -0.3 is 4.57 Å². The Morgan fingerprint density at radius 1 is 0.958 bits per heavy atom. The molecule has 0 N–H and O–H groups in total. The highest BCUT2D eigenvalue weighted by Crippen LogP contribution is 2.19. The van der Waals surface area contributed by atoms with Crippen LogP contribution in [0.1, 0.15) is 5.56 Å². The smallest absolute Gasteiger partial charge is 0.250 e. The Morgan fingerprint density at radius 3 is 2.42 bits per heavy atom. The van der Waals surface area contributed by atoms with Gasteiger partial charge in [0.2, 0.25) is 10.0 Å². The number of aromatic nitrogens is 1. The predicted octanol–water partition coefficient (Wildman–Crippen LogP) is 2.30. The van der Waals surface area contributed by atoms with E-state index in [1.165, 1.54) is 37.0 Å². The Kier molecular flexibility index (Phi) is 4.26. The maximum atomic E-state index is 12.3. The number of fused-ring (bicyclic) bond motifs is 1. The van der Waals surface area contributed by atoms with E-state index in [-0.39, 0.29) is 10.5 Å². The third-order valence-corrected chi connectivity index (χ3v) is 5.75. The minimum Gasteiger partial charge on any atom is -0.310 e. The quantitative estimate of drug-likeness (QED) is 0.731.